The first-order valence-electron chi connectivity index (χ1n) is 10.6. The van der Waals surface area contributed by atoms with Gasteiger partial charge >= 0.3 is 6.18 Å². The van der Waals surface area contributed by atoms with Gasteiger partial charge in [0.1, 0.15) is 17.2 Å². The van der Waals surface area contributed by atoms with E-state index in [9.17, 15) is 27.5 Å². The fraction of sp³-hybridized carbons (Fsp3) is 0.250. The molecule has 0 fully saturated rings. The quantitative estimate of drug-likeness (QED) is 0.396. The van der Waals surface area contributed by atoms with Gasteiger partial charge in [0.2, 0.25) is 5.60 Å². The molecule has 1 atom stereocenters. The van der Waals surface area contributed by atoms with Crippen molar-refractivity contribution >= 4 is 16.8 Å². The summed E-state index contributed by atoms with van der Waals surface area (Å²) in [6, 6.07) is 11.2. The molecule has 2 aromatic carbocycles. The Labute approximate surface area is 197 Å². The summed E-state index contributed by atoms with van der Waals surface area (Å²) in [6.07, 6.45) is -4.48. The summed E-state index contributed by atoms with van der Waals surface area (Å²) in [4.78, 5) is 16.2. The lowest BCUT2D eigenvalue weighted by Crippen LogP contribution is -2.42. The Morgan fingerprint density at radius 1 is 1.14 bits per heavy atom. The third-order valence-corrected chi connectivity index (χ3v) is 5.88. The zero-order valence-electron chi connectivity index (χ0n) is 18.8. The number of hydrogen-bond acceptors (Lipinski definition) is 5. The van der Waals surface area contributed by atoms with Crippen molar-refractivity contribution in [3.8, 4) is 11.1 Å². The molecule has 7 nitrogen and oxygen atoms in total. The largest absolute Gasteiger partial charge is 0.423 e. The number of alkyl halides is 3. The lowest BCUT2D eigenvalue weighted by molar-refractivity contribution is -0.269. The number of nitrogens with zero attached hydrogens (tertiary/aromatic N) is 4. The molecule has 1 amide bonds. The Hall–Kier alpha value is -3.86. The van der Waals surface area contributed by atoms with Crippen molar-refractivity contribution in [2.24, 2.45) is 5.73 Å². The summed E-state index contributed by atoms with van der Waals surface area (Å²) in [5.41, 5.74) is 4.50. The van der Waals surface area contributed by atoms with Gasteiger partial charge in [-0.3, -0.25) is 4.79 Å². The van der Waals surface area contributed by atoms with Crippen LogP contribution in [0.1, 0.15) is 40.7 Å². The molecule has 4 aromatic rings. The highest BCUT2D eigenvalue weighted by atomic mass is 19.4. The van der Waals surface area contributed by atoms with Crippen LogP contribution in [-0.4, -0.2) is 37.2 Å². The summed E-state index contributed by atoms with van der Waals surface area (Å²) in [5, 5.41) is 18.0. The Balaban J connectivity index is 1.74. The Morgan fingerprint density at radius 3 is 2.51 bits per heavy atom. The van der Waals surface area contributed by atoms with E-state index in [0.717, 1.165) is 6.20 Å². The smallest absolute Gasteiger partial charge is 0.375 e. The molecule has 0 spiro atoms. The first kappa shape index (κ1) is 24.3. The number of aryl methyl sites for hydroxylation is 1. The van der Waals surface area contributed by atoms with E-state index in [1.165, 1.54) is 23.7 Å². The molecule has 11 heteroatoms. The number of carbonyl (C=O) groups excluding carboxylic acids is 1. The van der Waals surface area contributed by atoms with Crippen LogP contribution in [0, 0.1) is 12.7 Å². The number of pyridine rings is 1. The molecule has 1 unspecified atom stereocenters. The van der Waals surface area contributed by atoms with Gasteiger partial charge in [-0.25, -0.2) is 14.1 Å². The van der Waals surface area contributed by atoms with Crippen LogP contribution in [0.15, 0.2) is 48.7 Å². The first-order chi connectivity index (χ1) is 16.4. The maximum atomic E-state index is 13.8. The van der Waals surface area contributed by atoms with E-state index < -0.39 is 29.8 Å². The number of primary amides is 1. The van der Waals surface area contributed by atoms with Crippen LogP contribution in [0.2, 0.25) is 0 Å². The lowest BCUT2D eigenvalue weighted by Gasteiger charge is -2.26. The fourth-order valence-corrected chi connectivity index (χ4v) is 3.83. The van der Waals surface area contributed by atoms with Crippen molar-refractivity contribution in [1.29, 1.82) is 0 Å². The summed E-state index contributed by atoms with van der Waals surface area (Å²) < 4.78 is 55.0. The number of nitrogens with two attached hydrogens (primary N) is 1. The predicted octanol–water partition coefficient (Wildman–Crippen LogP) is 4.25. The minimum absolute atomic E-state index is 0.00728. The number of aliphatic hydroxyl groups is 1. The van der Waals surface area contributed by atoms with Crippen molar-refractivity contribution in [3.05, 3.63) is 77.0 Å². The number of hydrogen-bond donors (Lipinski definition) is 2. The van der Waals surface area contributed by atoms with Crippen molar-refractivity contribution in [3.63, 3.8) is 0 Å². The molecule has 2 heterocycles. The molecule has 0 aliphatic carbocycles. The third-order valence-electron chi connectivity index (χ3n) is 5.88. The molecule has 0 bridgehead atoms. The second-order valence-corrected chi connectivity index (χ2v) is 8.25. The van der Waals surface area contributed by atoms with Gasteiger partial charge in [0.05, 0.1) is 18.3 Å². The topological polar surface area (TPSA) is 107 Å². The monoisotopic (exact) mass is 487 g/mol. The van der Waals surface area contributed by atoms with E-state index >= 15 is 0 Å². The number of aromatic nitrogens is 4. The molecular formula is C24H21F4N5O2. The maximum Gasteiger partial charge on any atom is 0.423 e. The molecule has 2 aromatic heterocycles. The molecule has 0 radical (unpaired) electrons. The SMILES string of the molecule is CCC(O)(c1cn(Cc2ccc3c(-c4ccc(F)c(C)c4)cc(C(N)=O)nc3c2)nn1)C(F)(F)F. The maximum absolute atomic E-state index is 13.8. The van der Waals surface area contributed by atoms with Gasteiger partial charge in [0.15, 0.2) is 0 Å². The van der Waals surface area contributed by atoms with Crippen molar-refractivity contribution in [1.82, 2.24) is 20.0 Å². The van der Waals surface area contributed by atoms with Gasteiger partial charge in [0, 0.05) is 5.39 Å². The van der Waals surface area contributed by atoms with Gasteiger partial charge < -0.3 is 10.8 Å². The average Bonchev–Trinajstić information content (AvgIpc) is 3.27. The van der Waals surface area contributed by atoms with E-state index in [0.29, 0.717) is 33.2 Å². The van der Waals surface area contributed by atoms with E-state index in [1.54, 1.807) is 37.3 Å². The molecule has 0 aliphatic heterocycles. The lowest BCUT2D eigenvalue weighted by atomic mass is 9.96. The minimum atomic E-state index is -4.91. The summed E-state index contributed by atoms with van der Waals surface area (Å²) >= 11 is 0. The Morgan fingerprint density at radius 2 is 1.89 bits per heavy atom. The average molecular weight is 487 g/mol. The van der Waals surface area contributed by atoms with Crippen LogP contribution in [0.4, 0.5) is 17.6 Å². The molecule has 35 heavy (non-hydrogen) atoms. The van der Waals surface area contributed by atoms with Gasteiger partial charge in [-0.1, -0.05) is 30.3 Å². The van der Waals surface area contributed by atoms with Gasteiger partial charge in [-0.05, 0) is 59.9 Å². The molecule has 4 rings (SSSR count). The minimum Gasteiger partial charge on any atom is -0.375 e. The van der Waals surface area contributed by atoms with Crippen LogP contribution in [0.3, 0.4) is 0 Å². The van der Waals surface area contributed by atoms with E-state index in [2.05, 4.69) is 15.3 Å². The highest BCUT2D eigenvalue weighted by Crippen LogP contribution is 2.40. The zero-order chi connectivity index (χ0) is 25.5. The number of fused-ring (bicyclic) bond motifs is 1. The fourth-order valence-electron chi connectivity index (χ4n) is 3.83. The molecule has 3 N–H and O–H groups in total. The summed E-state index contributed by atoms with van der Waals surface area (Å²) in [6.45, 7) is 2.87. The highest BCUT2D eigenvalue weighted by molar-refractivity contribution is 6.01. The summed E-state index contributed by atoms with van der Waals surface area (Å²) in [5.74, 6) is -1.11. The number of amides is 1. The van der Waals surface area contributed by atoms with Gasteiger partial charge in [-0.15, -0.1) is 5.10 Å². The van der Waals surface area contributed by atoms with Crippen molar-refractivity contribution in [2.45, 2.75) is 38.6 Å². The van der Waals surface area contributed by atoms with Crippen LogP contribution < -0.4 is 5.73 Å². The summed E-state index contributed by atoms with van der Waals surface area (Å²) in [7, 11) is 0. The molecular weight excluding hydrogens is 466 g/mol. The number of carbonyl (C=O) groups is 1. The van der Waals surface area contributed by atoms with Crippen LogP contribution in [-0.2, 0) is 12.1 Å². The number of rotatable bonds is 6. The number of benzene rings is 2. The third kappa shape index (κ3) is 4.46. The molecule has 0 aliphatic rings. The van der Waals surface area contributed by atoms with E-state index in [4.69, 9.17) is 5.73 Å². The second-order valence-electron chi connectivity index (χ2n) is 8.25. The van der Waals surface area contributed by atoms with Crippen molar-refractivity contribution < 1.29 is 27.5 Å². The van der Waals surface area contributed by atoms with Crippen LogP contribution in [0.5, 0.6) is 0 Å². The van der Waals surface area contributed by atoms with E-state index in [1.807, 2.05) is 0 Å². The zero-order valence-corrected chi connectivity index (χ0v) is 18.8. The first-order valence-corrected chi connectivity index (χ1v) is 10.6. The van der Waals surface area contributed by atoms with Gasteiger partial charge in [0.25, 0.3) is 5.91 Å². The Bertz CT molecular complexity index is 1430. The molecule has 0 saturated carbocycles. The van der Waals surface area contributed by atoms with Crippen LogP contribution >= 0.6 is 0 Å². The van der Waals surface area contributed by atoms with Crippen LogP contribution in [0.25, 0.3) is 22.0 Å². The standard InChI is InChI=1S/C24H21F4N5O2/c1-3-23(35,24(26,27)28)21-12-33(32-31-21)11-14-4-6-16-17(15-5-7-18(25)13(2)8-15)10-20(22(29)34)30-19(16)9-14/h4-10,12,35H,3,11H2,1-2H3,(H2,29,34). The number of halogens is 4. The highest BCUT2D eigenvalue weighted by Gasteiger charge is 2.55. The predicted molar refractivity (Wildman–Crippen MR) is 120 cm³/mol. The molecule has 0 saturated heterocycles. The second kappa shape index (κ2) is 8.73. The van der Waals surface area contributed by atoms with Crippen molar-refractivity contribution in [2.75, 3.05) is 0 Å². The normalized spacial score (nSPS) is 13.7. The molecule has 182 valence electrons. The Kier molecular flexibility index (Phi) is 6.05. The van der Waals surface area contributed by atoms with E-state index in [-0.39, 0.29) is 18.1 Å². The van der Waals surface area contributed by atoms with Gasteiger partial charge in [-0.2, -0.15) is 13.2 Å².